The molecule has 2 rings (SSSR count). The van der Waals surface area contributed by atoms with Gasteiger partial charge in [-0.15, -0.1) is 0 Å². The lowest BCUT2D eigenvalue weighted by molar-refractivity contribution is 0.228. The highest BCUT2D eigenvalue weighted by molar-refractivity contribution is 5.32. The predicted octanol–water partition coefficient (Wildman–Crippen LogP) is 2.46. The second-order valence-electron chi connectivity index (χ2n) is 4.00. The van der Waals surface area contributed by atoms with Crippen LogP contribution in [0.1, 0.15) is 31.0 Å². The van der Waals surface area contributed by atoms with Gasteiger partial charge in [0.25, 0.3) is 0 Å². The molecule has 0 aromatic heterocycles. The van der Waals surface area contributed by atoms with Crippen LogP contribution in [0.25, 0.3) is 0 Å². The topological polar surface area (TPSA) is 15.3 Å². The van der Waals surface area contributed by atoms with Crippen LogP contribution in [0.3, 0.4) is 0 Å². The van der Waals surface area contributed by atoms with Crippen molar-refractivity contribution in [3.63, 3.8) is 0 Å². The van der Waals surface area contributed by atoms with Gasteiger partial charge in [-0.1, -0.05) is 38.1 Å². The first kappa shape index (κ1) is 13.2. The lowest BCUT2D eigenvalue weighted by Crippen LogP contribution is -2.37. The minimum absolute atomic E-state index is 0.546. The first-order valence-electron chi connectivity index (χ1n) is 6.25. The Morgan fingerprint density at radius 3 is 2.69 bits per heavy atom. The monoisotopic (exact) mass is 220 g/mol. The second kappa shape index (κ2) is 6.66. The summed E-state index contributed by atoms with van der Waals surface area (Å²) in [6, 6.07) is 9.34. The Morgan fingerprint density at radius 1 is 1.31 bits per heavy atom. The van der Waals surface area contributed by atoms with E-state index >= 15 is 0 Å². The summed E-state index contributed by atoms with van der Waals surface area (Å²) in [4.78, 5) is 2.43. The van der Waals surface area contributed by atoms with Gasteiger partial charge in [0.2, 0.25) is 0 Å². The molecule has 2 nitrogen and oxygen atoms in total. The Bertz CT molecular complexity index is 309. The Kier molecular flexibility index (Phi) is 5.50. The first-order valence-corrected chi connectivity index (χ1v) is 6.25. The molecule has 1 unspecified atom stereocenters. The number of nitrogens with zero attached hydrogens (tertiary/aromatic N) is 1. The summed E-state index contributed by atoms with van der Waals surface area (Å²) in [7, 11) is 4.23. The van der Waals surface area contributed by atoms with Crippen LogP contribution in [0.2, 0.25) is 0 Å². The van der Waals surface area contributed by atoms with Gasteiger partial charge in [-0.25, -0.2) is 0 Å². The summed E-state index contributed by atoms with van der Waals surface area (Å²) < 4.78 is 0. The van der Waals surface area contributed by atoms with Crippen molar-refractivity contribution in [2.45, 2.75) is 26.3 Å². The Hall–Kier alpha value is -0.860. The van der Waals surface area contributed by atoms with Crippen LogP contribution in [0.15, 0.2) is 24.3 Å². The average molecular weight is 220 g/mol. The number of nitrogens with one attached hydrogen (secondary N) is 1. The Morgan fingerprint density at radius 2 is 2.00 bits per heavy atom. The smallest absolute Gasteiger partial charge is 0.0472 e. The van der Waals surface area contributed by atoms with E-state index in [0.717, 1.165) is 6.54 Å². The number of rotatable bonds is 2. The van der Waals surface area contributed by atoms with Crippen LogP contribution in [0.4, 0.5) is 0 Å². The van der Waals surface area contributed by atoms with E-state index in [9.17, 15) is 0 Å². The molecule has 1 aliphatic rings. The Balaban J connectivity index is 0.000000606. The SMILES string of the molecule is CC.CNCC1c2ccccc2CCN1C. The van der Waals surface area contributed by atoms with Crippen molar-refractivity contribution >= 4 is 0 Å². The third-order valence-corrected chi connectivity index (χ3v) is 3.08. The van der Waals surface area contributed by atoms with Gasteiger partial charge in [-0.05, 0) is 31.6 Å². The Labute approximate surface area is 99.7 Å². The molecule has 0 saturated heterocycles. The molecular formula is C14H24N2. The van der Waals surface area contributed by atoms with Crippen LogP contribution >= 0.6 is 0 Å². The lowest BCUT2D eigenvalue weighted by Gasteiger charge is -2.34. The van der Waals surface area contributed by atoms with Crippen LogP contribution in [-0.4, -0.2) is 32.1 Å². The van der Waals surface area contributed by atoms with Crippen molar-refractivity contribution in [2.75, 3.05) is 27.2 Å². The van der Waals surface area contributed by atoms with Gasteiger partial charge in [0.05, 0.1) is 0 Å². The number of hydrogen-bond acceptors (Lipinski definition) is 2. The zero-order valence-electron chi connectivity index (χ0n) is 11.0. The first-order chi connectivity index (χ1) is 7.83. The van der Waals surface area contributed by atoms with Gasteiger partial charge >= 0.3 is 0 Å². The molecule has 1 N–H and O–H groups in total. The number of fused-ring (bicyclic) bond motifs is 1. The fraction of sp³-hybridized carbons (Fsp3) is 0.571. The van der Waals surface area contributed by atoms with Crippen molar-refractivity contribution < 1.29 is 0 Å². The van der Waals surface area contributed by atoms with Gasteiger partial charge in [0, 0.05) is 19.1 Å². The van der Waals surface area contributed by atoms with Crippen LogP contribution in [0.5, 0.6) is 0 Å². The minimum Gasteiger partial charge on any atom is -0.318 e. The van der Waals surface area contributed by atoms with Crippen LogP contribution in [-0.2, 0) is 6.42 Å². The van der Waals surface area contributed by atoms with E-state index in [0.29, 0.717) is 6.04 Å². The molecule has 0 saturated carbocycles. The van der Waals surface area contributed by atoms with Gasteiger partial charge in [0.1, 0.15) is 0 Å². The van der Waals surface area contributed by atoms with E-state index in [-0.39, 0.29) is 0 Å². The third-order valence-electron chi connectivity index (χ3n) is 3.08. The van der Waals surface area contributed by atoms with Crippen molar-refractivity contribution in [3.05, 3.63) is 35.4 Å². The maximum Gasteiger partial charge on any atom is 0.0472 e. The third kappa shape index (κ3) is 2.83. The molecule has 16 heavy (non-hydrogen) atoms. The molecule has 0 amide bonds. The van der Waals surface area contributed by atoms with E-state index in [2.05, 4.69) is 41.5 Å². The zero-order chi connectivity index (χ0) is 12.0. The zero-order valence-corrected chi connectivity index (χ0v) is 11.0. The molecule has 0 spiro atoms. The van der Waals surface area contributed by atoms with Gasteiger partial charge in [0.15, 0.2) is 0 Å². The van der Waals surface area contributed by atoms with Crippen molar-refractivity contribution in [1.82, 2.24) is 10.2 Å². The molecule has 1 heterocycles. The summed E-state index contributed by atoms with van der Waals surface area (Å²) >= 11 is 0. The largest absolute Gasteiger partial charge is 0.318 e. The van der Waals surface area contributed by atoms with E-state index in [1.807, 2.05) is 20.9 Å². The van der Waals surface area contributed by atoms with Gasteiger partial charge in [-0.3, -0.25) is 4.90 Å². The molecule has 1 aromatic carbocycles. The number of likely N-dealkylation sites (N-methyl/N-ethyl adjacent to an activating group) is 2. The normalized spacial score (nSPS) is 19.6. The predicted molar refractivity (Wildman–Crippen MR) is 70.8 cm³/mol. The molecule has 2 heteroatoms. The van der Waals surface area contributed by atoms with Gasteiger partial charge in [-0.2, -0.15) is 0 Å². The molecule has 0 aliphatic carbocycles. The van der Waals surface area contributed by atoms with Crippen molar-refractivity contribution in [2.24, 2.45) is 0 Å². The maximum absolute atomic E-state index is 3.27. The highest BCUT2D eigenvalue weighted by Crippen LogP contribution is 2.27. The summed E-state index contributed by atoms with van der Waals surface area (Å²) in [6.45, 7) is 6.21. The summed E-state index contributed by atoms with van der Waals surface area (Å²) in [5.41, 5.74) is 3.02. The molecule has 0 fully saturated rings. The van der Waals surface area contributed by atoms with E-state index in [4.69, 9.17) is 0 Å². The summed E-state index contributed by atoms with van der Waals surface area (Å²) in [5.74, 6) is 0. The van der Waals surface area contributed by atoms with E-state index in [1.54, 1.807) is 0 Å². The second-order valence-corrected chi connectivity index (χ2v) is 4.00. The molecular weight excluding hydrogens is 196 g/mol. The lowest BCUT2D eigenvalue weighted by atomic mass is 9.93. The summed E-state index contributed by atoms with van der Waals surface area (Å²) in [6.07, 6.45) is 1.19. The van der Waals surface area contributed by atoms with Crippen molar-refractivity contribution in [1.29, 1.82) is 0 Å². The van der Waals surface area contributed by atoms with Crippen LogP contribution < -0.4 is 5.32 Å². The van der Waals surface area contributed by atoms with E-state index in [1.165, 1.54) is 24.1 Å². The highest BCUT2D eigenvalue weighted by atomic mass is 15.2. The van der Waals surface area contributed by atoms with Gasteiger partial charge < -0.3 is 5.32 Å². The fourth-order valence-corrected chi connectivity index (χ4v) is 2.24. The van der Waals surface area contributed by atoms with E-state index < -0.39 is 0 Å². The van der Waals surface area contributed by atoms with Crippen LogP contribution in [0, 0.1) is 0 Å². The minimum atomic E-state index is 0.546. The molecule has 0 bridgehead atoms. The molecule has 90 valence electrons. The number of hydrogen-bond donors (Lipinski definition) is 1. The maximum atomic E-state index is 3.27. The fourth-order valence-electron chi connectivity index (χ4n) is 2.24. The molecule has 1 atom stereocenters. The highest BCUT2D eigenvalue weighted by Gasteiger charge is 2.22. The standard InChI is InChI=1S/C12H18N2.C2H6/c1-13-9-12-11-6-4-3-5-10(11)7-8-14(12)2;1-2/h3-6,12-13H,7-9H2,1-2H3;1-2H3. The summed E-state index contributed by atoms with van der Waals surface area (Å²) in [5, 5.41) is 3.27. The average Bonchev–Trinajstić information content (AvgIpc) is 2.35. The quantitative estimate of drug-likeness (QED) is 0.823. The molecule has 1 aromatic rings. The molecule has 1 aliphatic heterocycles. The molecule has 0 radical (unpaired) electrons. The van der Waals surface area contributed by atoms with Crippen molar-refractivity contribution in [3.8, 4) is 0 Å². The number of benzene rings is 1.